The molecule has 0 aliphatic carbocycles. The fourth-order valence-electron chi connectivity index (χ4n) is 2.69. The number of nitrogens with zero attached hydrogens (tertiary/aromatic N) is 3. The van der Waals surface area contributed by atoms with Crippen molar-refractivity contribution in [2.45, 2.75) is 0 Å². The standard InChI is InChI=1S/C18H11F2N3/c19-14-8-13(9-15(20)11-14)17-10-12-4-1-2-5-16(12)23(17)18-21-6-3-7-22-18/h1-11H. The molecular weight excluding hydrogens is 296 g/mol. The van der Waals surface area contributed by atoms with Crippen LogP contribution in [0.5, 0.6) is 0 Å². The summed E-state index contributed by atoms with van der Waals surface area (Å²) in [4.78, 5) is 8.53. The zero-order valence-electron chi connectivity index (χ0n) is 11.9. The van der Waals surface area contributed by atoms with Crippen molar-refractivity contribution in [1.29, 1.82) is 0 Å². The van der Waals surface area contributed by atoms with E-state index in [9.17, 15) is 8.78 Å². The smallest absolute Gasteiger partial charge is 0.234 e. The zero-order valence-corrected chi connectivity index (χ0v) is 11.9. The van der Waals surface area contributed by atoms with Crippen molar-refractivity contribution in [3.8, 4) is 17.2 Å². The Bertz CT molecular complexity index is 974. The van der Waals surface area contributed by atoms with Crippen LogP contribution in [-0.4, -0.2) is 14.5 Å². The number of fused-ring (bicyclic) bond motifs is 1. The molecule has 0 atom stereocenters. The normalized spacial score (nSPS) is 11.0. The maximum atomic E-state index is 13.6. The second kappa shape index (κ2) is 5.28. The summed E-state index contributed by atoms with van der Waals surface area (Å²) in [6.45, 7) is 0. The molecule has 2 aromatic carbocycles. The lowest BCUT2D eigenvalue weighted by Crippen LogP contribution is -2.02. The van der Waals surface area contributed by atoms with E-state index in [1.54, 1.807) is 23.0 Å². The van der Waals surface area contributed by atoms with Gasteiger partial charge in [0.1, 0.15) is 11.6 Å². The minimum atomic E-state index is -0.620. The Morgan fingerprint density at radius 3 is 2.22 bits per heavy atom. The van der Waals surface area contributed by atoms with Crippen molar-refractivity contribution in [2.24, 2.45) is 0 Å². The molecule has 5 heteroatoms. The molecule has 0 unspecified atom stereocenters. The summed E-state index contributed by atoms with van der Waals surface area (Å²) in [6.07, 6.45) is 3.26. The molecule has 0 N–H and O–H groups in total. The highest BCUT2D eigenvalue weighted by molar-refractivity contribution is 5.88. The van der Waals surface area contributed by atoms with Gasteiger partial charge in [-0.3, -0.25) is 4.57 Å². The minimum Gasteiger partial charge on any atom is -0.278 e. The summed E-state index contributed by atoms with van der Waals surface area (Å²) >= 11 is 0. The Labute approximate surface area is 130 Å². The van der Waals surface area contributed by atoms with Crippen LogP contribution in [0.4, 0.5) is 8.78 Å². The van der Waals surface area contributed by atoms with Gasteiger partial charge in [0, 0.05) is 29.4 Å². The second-order valence-corrected chi connectivity index (χ2v) is 5.13. The van der Waals surface area contributed by atoms with Crippen molar-refractivity contribution in [1.82, 2.24) is 14.5 Å². The predicted molar refractivity (Wildman–Crippen MR) is 84.2 cm³/mol. The zero-order chi connectivity index (χ0) is 15.8. The van der Waals surface area contributed by atoms with E-state index in [1.807, 2.05) is 30.3 Å². The van der Waals surface area contributed by atoms with E-state index in [0.717, 1.165) is 17.0 Å². The number of rotatable bonds is 2. The maximum Gasteiger partial charge on any atom is 0.234 e. The first-order valence-corrected chi connectivity index (χ1v) is 7.07. The lowest BCUT2D eigenvalue weighted by atomic mass is 10.1. The van der Waals surface area contributed by atoms with Gasteiger partial charge in [0.25, 0.3) is 0 Å². The lowest BCUT2D eigenvalue weighted by molar-refractivity contribution is 0.584. The molecule has 0 spiro atoms. The molecule has 0 aliphatic rings. The van der Waals surface area contributed by atoms with E-state index < -0.39 is 11.6 Å². The van der Waals surface area contributed by atoms with Crippen molar-refractivity contribution < 1.29 is 8.78 Å². The number of hydrogen-bond donors (Lipinski definition) is 0. The molecule has 23 heavy (non-hydrogen) atoms. The van der Waals surface area contributed by atoms with Crippen LogP contribution in [0.3, 0.4) is 0 Å². The summed E-state index contributed by atoms with van der Waals surface area (Å²) in [6, 6.07) is 14.7. The highest BCUT2D eigenvalue weighted by atomic mass is 19.1. The molecule has 0 bridgehead atoms. The quantitative estimate of drug-likeness (QED) is 0.550. The predicted octanol–water partition coefficient (Wildman–Crippen LogP) is 4.37. The largest absolute Gasteiger partial charge is 0.278 e. The Morgan fingerprint density at radius 2 is 1.48 bits per heavy atom. The number of hydrogen-bond acceptors (Lipinski definition) is 2. The Balaban J connectivity index is 2.07. The van der Waals surface area contributed by atoms with E-state index in [-0.39, 0.29) is 0 Å². The molecule has 0 amide bonds. The van der Waals surface area contributed by atoms with E-state index in [1.165, 1.54) is 12.1 Å². The first-order valence-electron chi connectivity index (χ1n) is 7.07. The summed E-state index contributed by atoms with van der Waals surface area (Å²) < 4.78 is 29.0. The van der Waals surface area contributed by atoms with Crippen molar-refractivity contribution in [3.63, 3.8) is 0 Å². The molecular formula is C18H11F2N3. The van der Waals surface area contributed by atoms with Gasteiger partial charge < -0.3 is 0 Å². The van der Waals surface area contributed by atoms with Crippen LogP contribution in [0.2, 0.25) is 0 Å². The fraction of sp³-hybridized carbons (Fsp3) is 0. The molecule has 0 radical (unpaired) electrons. The molecule has 0 fully saturated rings. The molecule has 0 saturated heterocycles. The van der Waals surface area contributed by atoms with E-state index in [4.69, 9.17) is 0 Å². The maximum absolute atomic E-state index is 13.6. The monoisotopic (exact) mass is 307 g/mol. The Hall–Kier alpha value is -3.08. The third-order valence-electron chi connectivity index (χ3n) is 3.62. The first kappa shape index (κ1) is 13.6. The Morgan fingerprint density at radius 1 is 0.783 bits per heavy atom. The van der Waals surface area contributed by atoms with Crippen molar-refractivity contribution in [2.75, 3.05) is 0 Å². The first-order chi connectivity index (χ1) is 11.2. The average Bonchev–Trinajstić information content (AvgIpc) is 2.94. The van der Waals surface area contributed by atoms with Crippen LogP contribution in [0.25, 0.3) is 28.1 Å². The van der Waals surface area contributed by atoms with Crippen molar-refractivity contribution >= 4 is 10.9 Å². The summed E-state index contributed by atoms with van der Waals surface area (Å²) in [5.41, 5.74) is 1.94. The SMILES string of the molecule is Fc1cc(F)cc(-c2cc3ccccc3n2-c2ncccn2)c1. The Kier molecular flexibility index (Phi) is 3.12. The molecule has 2 aromatic heterocycles. The van der Waals surface area contributed by atoms with E-state index in [2.05, 4.69) is 9.97 Å². The van der Waals surface area contributed by atoms with Crippen molar-refractivity contribution in [3.05, 3.63) is 78.6 Å². The number of aromatic nitrogens is 3. The van der Waals surface area contributed by atoms with Gasteiger partial charge in [-0.05, 0) is 30.3 Å². The number of halogens is 2. The molecule has 112 valence electrons. The van der Waals surface area contributed by atoms with Crippen LogP contribution in [0.1, 0.15) is 0 Å². The van der Waals surface area contributed by atoms with Gasteiger partial charge in [0.15, 0.2) is 0 Å². The third kappa shape index (κ3) is 2.36. The summed E-state index contributed by atoms with van der Waals surface area (Å²) in [7, 11) is 0. The van der Waals surface area contributed by atoms with E-state index >= 15 is 0 Å². The minimum absolute atomic E-state index is 0.436. The van der Waals surface area contributed by atoms with Gasteiger partial charge in [-0.25, -0.2) is 18.7 Å². The second-order valence-electron chi connectivity index (χ2n) is 5.13. The lowest BCUT2D eigenvalue weighted by Gasteiger charge is -2.09. The highest BCUT2D eigenvalue weighted by Crippen LogP contribution is 2.31. The molecule has 4 aromatic rings. The number of para-hydroxylation sites is 1. The average molecular weight is 307 g/mol. The van der Waals surface area contributed by atoms with Crippen LogP contribution in [-0.2, 0) is 0 Å². The van der Waals surface area contributed by atoms with Gasteiger partial charge in [-0.15, -0.1) is 0 Å². The third-order valence-corrected chi connectivity index (χ3v) is 3.62. The van der Waals surface area contributed by atoms with Crippen LogP contribution >= 0.6 is 0 Å². The molecule has 3 nitrogen and oxygen atoms in total. The van der Waals surface area contributed by atoms with Gasteiger partial charge in [-0.1, -0.05) is 18.2 Å². The van der Waals surface area contributed by atoms with Gasteiger partial charge >= 0.3 is 0 Å². The topological polar surface area (TPSA) is 30.7 Å². The summed E-state index contributed by atoms with van der Waals surface area (Å²) in [5, 5.41) is 0.944. The fourth-order valence-corrected chi connectivity index (χ4v) is 2.69. The van der Waals surface area contributed by atoms with Crippen LogP contribution in [0, 0.1) is 11.6 Å². The van der Waals surface area contributed by atoms with Gasteiger partial charge in [0.2, 0.25) is 5.95 Å². The molecule has 0 aliphatic heterocycles. The van der Waals surface area contributed by atoms with Gasteiger partial charge in [0.05, 0.1) is 11.2 Å². The molecule has 2 heterocycles. The van der Waals surface area contributed by atoms with Crippen LogP contribution < -0.4 is 0 Å². The molecule has 4 rings (SSSR count). The highest BCUT2D eigenvalue weighted by Gasteiger charge is 2.15. The van der Waals surface area contributed by atoms with E-state index in [0.29, 0.717) is 17.2 Å². The number of benzene rings is 2. The van der Waals surface area contributed by atoms with Gasteiger partial charge in [-0.2, -0.15) is 0 Å². The summed E-state index contributed by atoms with van der Waals surface area (Å²) in [5.74, 6) is -0.787. The van der Waals surface area contributed by atoms with Crippen LogP contribution in [0.15, 0.2) is 67.0 Å². The molecule has 0 saturated carbocycles.